The Morgan fingerprint density at radius 2 is 2.00 bits per heavy atom. The monoisotopic (exact) mass is 209 g/mol. The molecule has 0 atom stereocenters. The molecule has 0 heterocycles. The highest BCUT2D eigenvalue weighted by Crippen LogP contribution is 2.32. The van der Waals surface area contributed by atoms with E-state index in [1.165, 1.54) is 25.7 Å². The minimum Gasteiger partial charge on any atom is -0.345 e. The van der Waals surface area contributed by atoms with Gasteiger partial charge in [0.15, 0.2) is 0 Å². The van der Waals surface area contributed by atoms with Crippen LogP contribution in [-0.4, -0.2) is 24.9 Å². The highest BCUT2D eigenvalue weighted by molar-refractivity contribution is 5.93. The summed E-state index contributed by atoms with van der Waals surface area (Å²) in [5.41, 5.74) is 1.04. The fraction of sp³-hybridized carbons (Fsp3) is 0.769. The number of carbonyl (C=O) groups is 1. The van der Waals surface area contributed by atoms with Gasteiger partial charge in [0, 0.05) is 19.7 Å². The summed E-state index contributed by atoms with van der Waals surface area (Å²) in [7, 11) is 3.67. The average molecular weight is 209 g/mol. The Balaban J connectivity index is 2.48. The summed E-state index contributed by atoms with van der Waals surface area (Å²) in [6.07, 6.45) is 9.31. The first-order valence-corrected chi connectivity index (χ1v) is 6.07. The van der Waals surface area contributed by atoms with Crippen molar-refractivity contribution in [2.75, 3.05) is 14.1 Å². The lowest BCUT2D eigenvalue weighted by Crippen LogP contribution is -2.23. The number of nitrogens with zero attached hydrogens (tertiary/aromatic N) is 1. The van der Waals surface area contributed by atoms with Crippen molar-refractivity contribution in [2.24, 2.45) is 5.92 Å². The molecule has 0 aromatic heterocycles. The van der Waals surface area contributed by atoms with Crippen molar-refractivity contribution in [2.45, 2.75) is 45.4 Å². The van der Waals surface area contributed by atoms with E-state index in [1.807, 2.05) is 14.1 Å². The van der Waals surface area contributed by atoms with E-state index in [2.05, 4.69) is 13.0 Å². The lowest BCUT2D eigenvalue weighted by molar-refractivity contribution is -0.124. The first-order valence-electron chi connectivity index (χ1n) is 6.07. The molecule has 0 aromatic carbocycles. The summed E-state index contributed by atoms with van der Waals surface area (Å²) in [6, 6.07) is 0. The minimum absolute atomic E-state index is 0.206. The highest BCUT2D eigenvalue weighted by atomic mass is 16.2. The molecule has 0 unspecified atom stereocenters. The summed E-state index contributed by atoms with van der Waals surface area (Å²) >= 11 is 0. The van der Waals surface area contributed by atoms with E-state index in [9.17, 15) is 4.79 Å². The number of carbonyl (C=O) groups excluding carboxylic acids is 1. The van der Waals surface area contributed by atoms with Gasteiger partial charge in [0.05, 0.1) is 0 Å². The van der Waals surface area contributed by atoms with E-state index >= 15 is 0 Å². The lowest BCUT2D eigenvalue weighted by atomic mass is 10.0. The Hall–Kier alpha value is -0.790. The normalized spacial score (nSPS) is 16.6. The van der Waals surface area contributed by atoms with Crippen molar-refractivity contribution >= 4 is 5.91 Å². The zero-order chi connectivity index (χ0) is 11.3. The molecule has 1 fully saturated rings. The van der Waals surface area contributed by atoms with E-state index in [-0.39, 0.29) is 5.91 Å². The smallest absolute Gasteiger partial charge is 0.248 e. The van der Waals surface area contributed by atoms with Gasteiger partial charge in [-0.25, -0.2) is 0 Å². The van der Waals surface area contributed by atoms with Crippen molar-refractivity contribution < 1.29 is 4.79 Å². The third-order valence-electron chi connectivity index (χ3n) is 2.79. The van der Waals surface area contributed by atoms with Gasteiger partial charge >= 0.3 is 0 Å². The fourth-order valence-electron chi connectivity index (χ4n) is 1.66. The molecule has 0 bridgehead atoms. The van der Waals surface area contributed by atoms with Crippen LogP contribution in [0.5, 0.6) is 0 Å². The molecule has 1 amide bonds. The number of likely N-dealkylation sites (N-methyl/N-ethyl adjacent to an activating group) is 1. The maximum Gasteiger partial charge on any atom is 0.248 e. The van der Waals surface area contributed by atoms with Crippen LogP contribution in [0.25, 0.3) is 0 Å². The van der Waals surface area contributed by atoms with Crippen molar-refractivity contribution in [3.05, 3.63) is 11.6 Å². The van der Waals surface area contributed by atoms with Crippen LogP contribution < -0.4 is 0 Å². The number of amides is 1. The predicted octanol–water partition coefficient (Wildman–Crippen LogP) is 2.99. The molecule has 2 nitrogen and oxygen atoms in total. The number of rotatable bonds is 6. The quantitative estimate of drug-likeness (QED) is 0.486. The second-order valence-corrected chi connectivity index (χ2v) is 4.69. The van der Waals surface area contributed by atoms with Gasteiger partial charge in [0.1, 0.15) is 0 Å². The van der Waals surface area contributed by atoms with Gasteiger partial charge in [0.25, 0.3) is 0 Å². The molecule has 1 aliphatic rings. The van der Waals surface area contributed by atoms with Crippen LogP contribution in [0, 0.1) is 5.92 Å². The standard InChI is InChI=1S/C13H23NO/c1-4-5-6-7-12(10-11-8-9-11)13(15)14(2)3/h10-11H,4-9H2,1-3H3. The van der Waals surface area contributed by atoms with E-state index in [1.54, 1.807) is 4.90 Å². The molecular formula is C13H23NO. The molecular weight excluding hydrogens is 186 g/mol. The van der Waals surface area contributed by atoms with Crippen LogP contribution in [0.3, 0.4) is 0 Å². The zero-order valence-corrected chi connectivity index (χ0v) is 10.3. The van der Waals surface area contributed by atoms with E-state index in [4.69, 9.17) is 0 Å². The van der Waals surface area contributed by atoms with Gasteiger partial charge in [-0.15, -0.1) is 0 Å². The fourth-order valence-corrected chi connectivity index (χ4v) is 1.66. The summed E-state index contributed by atoms with van der Waals surface area (Å²) in [6.45, 7) is 2.19. The van der Waals surface area contributed by atoms with Crippen molar-refractivity contribution in [3.8, 4) is 0 Å². The van der Waals surface area contributed by atoms with Crippen molar-refractivity contribution in [1.82, 2.24) is 4.90 Å². The SMILES string of the molecule is CCCCCC(=CC1CC1)C(=O)N(C)C. The largest absolute Gasteiger partial charge is 0.345 e. The molecule has 0 aliphatic heterocycles. The molecule has 1 rings (SSSR count). The Morgan fingerprint density at radius 1 is 1.33 bits per heavy atom. The Morgan fingerprint density at radius 3 is 2.47 bits per heavy atom. The minimum atomic E-state index is 0.206. The van der Waals surface area contributed by atoms with Crippen LogP contribution in [0.15, 0.2) is 11.6 Å². The molecule has 0 saturated heterocycles. The Labute approximate surface area is 93.3 Å². The molecule has 15 heavy (non-hydrogen) atoms. The molecule has 2 heteroatoms. The maximum atomic E-state index is 11.9. The number of allylic oxidation sites excluding steroid dienone is 1. The highest BCUT2D eigenvalue weighted by Gasteiger charge is 2.21. The Bertz CT molecular complexity index is 239. The summed E-state index contributed by atoms with van der Waals surface area (Å²) in [5.74, 6) is 0.906. The van der Waals surface area contributed by atoms with Crippen molar-refractivity contribution in [3.63, 3.8) is 0 Å². The van der Waals surface area contributed by atoms with Gasteiger partial charge in [-0.05, 0) is 31.6 Å². The molecule has 0 spiro atoms. The molecule has 0 aromatic rings. The van der Waals surface area contributed by atoms with E-state index in [0.717, 1.165) is 18.4 Å². The van der Waals surface area contributed by atoms with Gasteiger partial charge < -0.3 is 4.90 Å². The maximum absolute atomic E-state index is 11.9. The van der Waals surface area contributed by atoms with Crippen LogP contribution in [0.2, 0.25) is 0 Å². The Kier molecular flexibility index (Phi) is 4.86. The number of hydrogen-bond acceptors (Lipinski definition) is 1. The van der Waals surface area contributed by atoms with E-state index < -0.39 is 0 Å². The third kappa shape index (κ3) is 4.50. The van der Waals surface area contributed by atoms with Gasteiger partial charge in [-0.3, -0.25) is 4.79 Å². The summed E-state index contributed by atoms with van der Waals surface area (Å²) in [4.78, 5) is 13.6. The summed E-state index contributed by atoms with van der Waals surface area (Å²) < 4.78 is 0. The molecule has 1 aliphatic carbocycles. The second kappa shape index (κ2) is 5.94. The van der Waals surface area contributed by atoms with Crippen LogP contribution in [0.1, 0.15) is 45.4 Å². The zero-order valence-electron chi connectivity index (χ0n) is 10.3. The molecule has 0 N–H and O–H groups in total. The topological polar surface area (TPSA) is 20.3 Å². The molecule has 0 radical (unpaired) electrons. The number of hydrogen-bond donors (Lipinski definition) is 0. The molecule has 1 saturated carbocycles. The predicted molar refractivity (Wildman–Crippen MR) is 63.6 cm³/mol. The van der Waals surface area contributed by atoms with Gasteiger partial charge in [-0.2, -0.15) is 0 Å². The van der Waals surface area contributed by atoms with Gasteiger partial charge in [0.2, 0.25) is 5.91 Å². The van der Waals surface area contributed by atoms with Gasteiger partial charge in [-0.1, -0.05) is 25.8 Å². The van der Waals surface area contributed by atoms with Crippen LogP contribution >= 0.6 is 0 Å². The van der Waals surface area contributed by atoms with Crippen LogP contribution in [-0.2, 0) is 4.79 Å². The average Bonchev–Trinajstić information content (AvgIpc) is 2.99. The first kappa shape index (κ1) is 12.3. The van der Waals surface area contributed by atoms with E-state index in [0.29, 0.717) is 5.92 Å². The summed E-state index contributed by atoms with van der Waals surface area (Å²) in [5, 5.41) is 0. The third-order valence-corrected chi connectivity index (χ3v) is 2.79. The van der Waals surface area contributed by atoms with Crippen LogP contribution in [0.4, 0.5) is 0 Å². The lowest BCUT2D eigenvalue weighted by Gasteiger charge is -2.13. The first-order chi connectivity index (χ1) is 7.15. The second-order valence-electron chi connectivity index (χ2n) is 4.69. The molecule has 86 valence electrons. The van der Waals surface area contributed by atoms with Crippen molar-refractivity contribution in [1.29, 1.82) is 0 Å². The number of unbranched alkanes of at least 4 members (excludes halogenated alkanes) is 2.